The van der Waals surface area contributed by atoms with Gasteiger partial charge in [0.15, 0.2) is 0 Å². The minimum absolute atomic E-state index is 0.0291. The molecule has 0 unspecified atom stereocenters. The summed E-state index contributed by atoms with van der Waals surface area (Å²) in [6.45, 7) is 2.25. The topological polar surface area (TPSA) is 51.3 Å². The molecular weight excluding hydrogens is 282 g/mol. The standard InChI is InChI=1S/C16H19N3OS/c1-18(9-10-19-8-3-2-7-15(19)20)12-13-5-4-6-14(11-13)16(17)21/h2-8,11H,9-10,12H2,1H3,(H2,17,21). The van der Waals surface area contributed by atoms with Crippen molar-refractivity contribution in [3.63, 3.8) is 0 Å². The highest BCUT2D eigenvalue weighted by Crippen LogP contribution is 2.07. The van der Waals surface area contributed by atoms with Crippen molar-refractivity contribution in [2.75, 3.05) is 13.6 Å². The Kier molecular flexibility index (Phi) is 5.25. The van der Waals surface area contributed by atoms with Crippen LogP contribution in [0.5, 0.6) is 0 Å². The van der Waals surface area contributed by atoms with Crippen LogP contribution in [0.25, 0.3) is 0 Å². The highest BCUT2D eigenvalue weighted by molar-refractivity contribution is 7.80. The zero-order chi connectivity index (χ0) is 15.2. The van der Waals surface area contributed by atoms with Crippen LogP contribution in [-0.4, -0.2) is 28.0 Å². The molecule has 2 rings (SSSR count). The Balaban J connectivity index is 1.94. The largest absolute Gasteiger partial charge is 0.389 e. The number of pyridine rings is 1. The van der Waals surface area contributed by atoms with Crippen LogP contribution >= 0.6 is 12.2 Å². The minimum atomic E-state index is 0.0291. The number of aromatic nitrogens is 1. The van der Waals surface area contributed by atoms with Gasteiger partial charge in [-0.3, -0.25) is 4.79 Å². The van der Waals surface area contributed by atoms with Gasteiger partial charge in [0.25, 0.3) is 5.56 Å². The molecule has 0 radical (unpaired) electrons. The highest BCUT2D eigenvalue weighted by Gasteiger charge is 2.03. The third kappa shape index (κ3) is 4.51. The van der Waals surface area contributed by atoms with E-state index in [0.29, 0.717) is 11.5 Å². The number of hydrogen-bond acceptors (Lipinski definition) is 3. The Labute approximate surface area is 129 Å². The highest BCUT2D eigenvalue weighted by atomic mass is 32.1. The van der Waals surface area contributed by atoms with Crippen molar-refractivity contribution in [1.82, 2.24) is 9.47 Å². The van der Waals surface area contributed by atoms with E-state index in [1.165, 1.54) is 0 Å². The summed E-state index contributed by atoms with van der Waals surface area (Å²) in [6, 6.07) is 13.1. The van der Waals surface area contributed by atoms with E-state index < -0.39 is 0 Å². The summed E-state index contributed by atoms with van der Waals surface area (Å²) in [7, 11) is 2.03. The molecule has 0 bridgehead atoms. The Bertz CT molecular complexity index is 681. The molecule has 0 fully saturated rings. The third-order valence-electron chi connectivity index (χ3n) is 3.29. The first-order valence-corrected chi connectivity index (χ1v) is 7.20. The molecule has 110 valence electrons. The summed E-state index contributed by atoms with van der Waals surface area (Å²) in [5.74, 6) is 0. The van der Waals surface area contributed by atoms with Gasteiger partial charge in [-0.05, 0) is 24.7 Å². The summed E-state index contributed by atoms with van der Waals surface area (Å²) in [6.07, 6.45) is 1.81. The van der Waals surface area contributed by atoms with Gasteiger partial charge in [-0.15, -0.1) is 0 Å². The normalized spacial score (nSPS) is 10.8. The summed E-state index contributed by atoms with van der Waals surface area (Å²) < 4.78 is 1.71. The molecule has 4 nitrogen and oxygen atoms in total. The van der Waals surface area contributed by atoms with Crippen LogP contribution in [-0.2, 0) is 13.1 Å². The van der Waals surface area contributed by atoms with E-state index in [-0.39, 0.29) is 5.56 Å². The van der Waals surface area contributed by atoms with Crippen LogP contribution < -0.4 is 11.3 Å². The quantitative estimate of drug-likeness (QED) is 0.824. The Morgan fingerprint density at radius 3 is 2.81 bits per heavy atom. The lowest BCUT2D eigenvalue weighted by Crippen LogP contribution is -2.27. The summed E-state index contributed by atoms with van der Waals surface area (Å²) in [4.78, 5) is 14.2. The maximum atomic E-state index is 11.6. The van der Waals surface area contributed by atoms with Gasteiger partial charge >= 0.3 is 0 Å². The van der Waals surface area contributed by atoms with Gasteiger partial charge in [-0.25, -0.2) is 0 Å². The van der Waals surface area contributed by atoms with Crippen LogP contribution in [0.15, 0.2) is 53.5 Å². The van der Waals surface area contributed by atoms with Gasteiger partial charge in [0.2, 0.25) is 0 Å². The lowest BCUT2D eigenvalue weighted by atomic mass is 10.1. The Morgan fingerprint density at radius 2 is 2.10 bits per heavy atom. The van der Waals surface area contributed by atoms with Crippen molar-refractivity contribution in [2.45, 2.75) is 13.1 Å². The summed E-state index contributed by atoms with van der Waals surface area (Å²) >= 11 is 4.99. The Morgan fingerprint density at radius 1 is 1.29 bits per heavy atom. The van der Waals surface area contributed by atoms with Gasteiger partial charge in [0, 0.05) is 37.5 Å². The van der Waals surface area contributed by atoms with Crippen molar-refractivity contribution < 1.29 is 0 Å². The van der Waals surface area contributed by atoms with Gasteiger partial charge < -0.3 is 15.2 Å². The first-order valence-electron chi connectivity index (χ1n) is 6.79. The van der Waals surface area contributed by atoms with Crippen LogP contribution in [0.3, 0.4) is 0 Å². The summed E-state index contributed by atoms with van der Waals surface area (Å²) in [5.41, 5.74) is 7.71. The van der Waals surface area contributed by atoms with Crippen LogP contribution in [0, 0.1) is 0 Å². The van der Waals surface area contributed by atoms with E-state index >= 15 is 0 Å². The molecule has 0 amide bonds. The second-order valence-corrected chi connectivity index (χ2v) is 5.47. The fraction of sp³-hybridized carbons (Fsp3) is 0.250. The lowest BCUT2D eigenvalue weighted by molar-refractivity contribution is 0.310. The van der Waals surface area contributed by atoms with Crippen molar-refractivity contribution >= 4 is 17.2 Å². The number of nitrogens with two attached hydrogens (primary N) is 1. The van der Waals surface area contributed by atoms with Gasteiger partial charge in [0.1, 0.15) is 4.99 Å². The van der Waals surface area contributed by atoms with Crippen molar-refractivity contribution in [1.29, 1.82) is 0 Å². The van der Waals surface area contributed by atoms with E-state index in [0.717, 1.165) is 24.2 Å². The minimum Gasteiger partial charge on any atom is -0.389 e. The fourth-order valence-corrected chi connectivity index (χ4v) is 2.26. The van der Waals surface area contributed by atoms with E-state index in [9.17, 15) is 4.79 Å². The van der Waals surface area contributed by atoms with Gasteiger partial charge in [0.05, 0.1) is 0 Å². The lowest BCUT2D eigenvalue weighted by Gasteiger charge is -2.17. The molecule has 0 aliphatic rings. The maximum Gasteiger partial charge on any atom is 0.250 e. The predicted molar refractivity (Wildman–Crippen MR) is 89.4 cm³/mol. The van der Waals surface area contributed by atoms with Gasteiger partial charge in [-0.2, -0.15) is 0 Å². The second kappa shape index (κ2) is 7.15. The SMILES string of the molecule is CN(CCn1ccccc1=O)Cc1cccc(C(N)=S)c1. The molecule has 0 saturated carbocycles. The maximum absolute atomic E-state index is 11.6. The molecule has 5 heteroatoms. The van der Waals surface area contributed by atoms with E-state index in [2.05, 4.69) is 4.90 Å². The van der Waals surface area contributed by atoms with Gasteiger partial charge in [-0.1, -0.05) is 36.5 Å². The zero-order valence-corrected chi connectivity index (χ0v) is 12.8. The smallest absolute Gasteiger partial charge is 0.250 e. The van der Waals surface area contributed by atoms with E-state index in [1.807, 2.05) is 43.6 Å². The first-order chi connectivity index (χ1) is 10.1. The van der Waals surface area contributed by atoms with Crippen molar-refractivity contribution in [3.8, 4) is 0 Å². The molecule has 2 N–H and O–H groups in total. The van der Waals surface area contributed by atoms with E-state index in [4.69, 9.17) is 18.0 Å². The molecule has 0 aliphatic heterocycles. The van der Waals surface area contributed by atoms with E-state index in [1.54, 1.807) is 16.7 Å². The number of benzene rings is 1. The molecule has 21 heavy (non-hydrogen) atoms. The molecular formula is C16H19N3OS. The fourth-order valence-electron chi connectivity index (χ4n) is 2.14. The third-order valence-corrected chi connectivity index (χ3v) is 3.52. The monoisotopic (exact) mass is 301 g/mol. The molecule has 1 heterocycles. The van der Waals surface area contributed by atoms with Crippen molar-refractivity contribution in [2.24, 2.45) is 5.73 Å². The number of rotatable bonds is 6. The average molecular weight is 301 g/mol. The molecule has 2 aromatic rings. The first kappa shape index (κ1) is 15.4. The number of hydrogen-bond donors (Lipinski definition) is 1. The molecule has 1 aromatic carbocycles. The van der Waals surface area contributed by atoms with Crippen LogP contribution in [0.2, 0.25) is 0 Å². The molecule has 0 saturated heterocycles. The Hall–Kier alpha value is -1.98. The van der Waals surface area contributed by atoms with Crippen molar-refractivity contribution in [3.05, 3.63) is 70.1 Å². The van der Waals surface area contributed by atoms with Crippen LogP contribution in [0.1, 0.15) is 11.1 Å². The molecule has 0 aliphatic carbocycles. The number of likely N-dealkylation sites (N-methyl/N-ethyl adjacent to an activating group) is 1. The number of nitrogens with zero attached hydrogens (tertiary/aromatic N) is 2. The van der Waals surface area contributed by atoms with Crippen LogP contribution in [0.4, 0.5) is 0 Å². The molecule has 0 atom stereocenters. The second-order valence-electron chi connectivity index (χ2n) is 5.03. The predicted octanol–water partition coefficient (Wildman–Crippen LogP) is 1.61. The summed E-state index contributed by atoms with van der Waals surface area (Å²) in [5, 5.41) is 0. The molecule has 1 aromatic heterocycles. The molecule has 0 spiro atoms. The average Bonchev–Trinajstić information content (AvgIpc) is 2.46. The number of thiocarbonyl (C=S) groups is 1. The zero-order valence-electron chi connectivity index (χ0n) is 12.0.